The number of anilines is 2. The molecule has 0 spiro atoms. The van der Waals surface area contributed by atoms with Gasteiger partial charge in [-0.25, -0.2) is 0 Å². The molecule has 176 valence electrons. The lowest BCUT2D eigenvalue weighted by Gasteiger charge is -2.27. The molecule has 0 atom stereocenters. The Bertz CT molecular complexity index is 1050. The zero-order valence-electron chi connectivity index (χ0n) is 20.2. The first kappa shape index (κ1) is 24.6. The third-order valence-corrected chi connectivity index (χ3v) is 6.25. The highest BCUT2D eigenvalue weighted by Gasteiger charge is 2.18. The molecule has 2 aromatic carbocycles. The third-order valence-electron chi connectivity index (χ3n) is 5.31. The van der Waals surface area contributed by atoms with E-state index in [9.17, 15) is 4.79 Å². The maximum Gasteiger partial charge on any atom is 0.234 e. The molecule has 1 aromatic heterocycles. The second-order valence-electron chi connectivity index (χ2n) is 8.26. The predicted octanol–water partition coefficient (Wildman–Crippen LogP) is 5.50. The van der Waals surface area contributed by atoms with Crippen LogP contribution in [0.25, 0.3) is 11.4 Å². The summed E-state index contributed by atoms with van der Waals surface area (Å²) in [7, 11) is 1.64. The van der Waals surface area contributed by atoms with Gasteiger partial charge in [-0.15, -0.1) is 10.2 Å². The summed E-state index contributed by atoms with van der Waals surface area (Å²) < 4.78 is 7.30. The zero-order valence-corrected chi connectivity index (χ0v) is 21.0. The van der Waals surface area contributed by atoms with E-state index in [1.54, 1.807) is 7.11 Å². The van der Waals surface area contributed by atoms with Gasteiger partial charge in [-0.1, -0.05) is 11.8 Å². The van der Waals surface area contributed by atoms with Crippen molar-refractivity contribution >= 4 is 29.0 Å². The Kier molecular flexibility index (Phi) is 8.38. The minimum Gasteiger partial charge on any atom is -0.497 e. The molecule has 0 bridgehead atoms. The Morgan fingerprint density at radius 2 is 1.73 bits per heavy atom. The summed E-state index contributed by atoms with van der Waals surface area (Å²) in [6.07, 6.45) is 0. The molecule has 3 rings (SSSR count). The van der Waals surface area contributed by atoms with Crippen LogP contribution in [0.4, 0.5) is 11.4 Å². The van der Waals surface area contributed by atoms with Crippen LogP contribution in [0.1, 0.15) is 40.7 Å². The minimum absolute atomic E-state index is 0.0757. The number of benzene rings is 2. The smallest absolute Gasteiger partial charge is 0.234 e. The van der Waals surface area contributed by atoms with Gasteiger partial charge in [0.1, 0.15) is 5.75 Å². The van der Waals surface area contributed by atoms with Crippen LogP contribution in [0.2, 0.25) is 0 Å². The molecule has 0 saturated carbocycles. The number of thioether (sulfide) groups is 1. The molecule has 8 heteroatoms. The van der Waals surface area contributed by atoms with E-state index < -0.39 is 0 Å². The first-order chi connectivity index (χ1) is 15.8. The van der Waals surface area contributed by atoms with Crippen LogP contribution in [-0.4, -0.2) is 46.1 Å². The number of methoxy groups -OCH3 is 1. The molecule has 1 N–H and O–H groups in total. The quantitative estimate of drug-likeness (QED) is 0.397. The van der Waals surface area contributed by atoms with Crippen molar-refractivity contribution in [2.75, 3.05) is 29.6 Å². The first-order valence-corrected chi connectivity index (χ1v) is 12.2. The lowest BCUT2D eigenvalue weighted by atomic mass is 10.2. The molecule has 0 radical (unpaired) electrons. The molecule has 0 saturated heterocycles. The van der Waals surface area contributed by atoms with Gasteiger partial charge in [0, 0.05) is 35.6 Å². The highest BCUT2D eigenvalue weighted by Crippen LogP contribution is 2.29. The van der Waals surface area contributed by atoms with Crippen LogP contribution in [-0.2, 0) is 4.79 Å². The summed E-state index contributed by atoms with van der Waals surface area (Å²) >= 11 is 1.39. The van der Waals surface area contributed by atoms with Crippen LogP contribution in [0.3, 0.4) is 0 Å². The summed E-state index contributed by atoms with van der Waals surface area (Å²) in [4.78, 5) is 14.9. The number of nitrogens with zero attached hydrogens (tertiary/aromatic N) is 4. The average molecular weight is 468 g/mol. The van der Waals surface area contributed by atoms with Gasteiger partial charge < -0.3 is 15.0 Å². The number of carbonyl (C=O) groups excluding carboxylic acids is 1. The predicted molar refractivity (Wildman–Crippen MR) is 136 cm³/mol. The fourth-order valence-corrected chi connectivity index (χ4v) is 4.55. The SMILES string of the molecule is CCN(c1ccc(NC(=O)CSc2nnc(-c3ccc(OC)cc3)n2C(C)C)cc1)C(C)C. The van der Waals surface area contributed by atoms with Gasteiger partial charge in [-0.2, -0.15) is 0 Å². The van der Waals surface area contributed by atoms with E-state index in [1.807, 2.05) is 48.5 Å². The number of rotatable bonds is 10. The van der Waals surface area contributed by atoms with Crippen molar-refractivity contribution in [2.45, 2.75) is 51.9 Å². The van der Waals surface area contributed by atoms with Gasteiger partial charge in [0.25, 0.3) is 0 Å². The Hall–Kier alpha value is -3.00. The number of aromatic nitrogens is 3. The maximum atomic E-state index is 12.6. The number of amides is 1. The molecule has 3 aromatic rings. The van der Waals surface area contributed by atoms with Gasteiger partial charge in [0.2, 0.25) is 5.91 Å². The monoisotopic (exact) mass is 467 g/mol. The van der Waals surface area contributed by atoms with E-state index in [1.165, 1.54) is 11.8 Å². The Balaban J connectivity index is 1.66. The topological polar surface area (TPSA) is 72.3 Å². The molecule has 0 unspecified atom stereocenters. The molecule has 7 nitrogen and oxygen atoms in total. The van der Waals surface area contributed by atoms with E-state index in [0.717, 1.165) is 40.2 Å². The van der Waals surface area contributed by atoms with Crippen LogP contribution in [0.15, 0.2) is 53.7 Å². The normalized spacial score (nSPS) is 11.2. The van der Waals surface area contributed by atoms with Gasteiger partial charge in [0.05, 0.1) is 12.9 Å². The van der Waals surface area contributed by atoms with E-state index in [-0.39, 0.29) is 17.7 Å². The van der Waals surface area contributed by atoms with E-state index in [0.29, 0.717) is 6.04 Å². The summed E-state index contributed by atoms with van der Waals surface area (Å²) in [5.41, 5.74) is 2.89. The number of hydrogen-bond donors (Lipinski definition) is 1. The van der Waals surface area contributed by atoms with Crippen LogP contribution >= 0.6 is 11.8 Å². The van der Waals surface area contributed by atoms with Crippen molar-refractivity contribution in [3.8, 4) is 17.1 Å². The molecule has 33 heavy (non-hydrogen) atoms. The minimum atomic E-state index is -0.0757. The first-order valence-electron chi connectivity index (χ1n) is 11.2. The lowest BCUT2D eigenvalue weighted by Crippen LogP contribution is -2.30. The van der Waals surface area contributed by atoms with Crippen molar-refractivity contribution in [3.05, 3.63) is 48.5 Å². The van der Waals surface area contributed by atoms with E-state index >= 15 is 0 Å². The molecule has 0 fully saturated rings. The van der Waals surface area contributed by atoms with Crippen molar-refractivity contribution in [2.24, 2.45) is 0 Å². The largest absolute Gasteiger partial charge is 0.497 e. The van der Waals surface area contributed by atoms with E-state index in [4.69, 9.17) is 4.74 Å². The summed E-state index contributed by atoms with van der Waals surface area (Å²) in [6.45, 7) is 11.6. The molecule has 1 heterocycles. The number of hydrogen-bond acceptors (Lipinski definition) is 6. The fourth-order valence-electron chi connectivity index (χ4n) is 3.69. The summed E-state index contributed by atoms with van der Waals surface area (Å²) in [5.74, 6) is 1.74. The highest BCUT2D eigenvalue weighted by atomic mass is 32.2. The third kappa shape index (κ3) is 6.07. The van der Waals surface area contributed by atoms with Crippen molar-refractivity contribution in [3.63, 3.8) is 0 Å². The number of nitrogens with one attached hydrogen (secondary N) is 1. The second-order valence-corrected chi connectivity index (χ2v) is 9.20. The summed E-state index contributed by atoms with van der Waals surface area (Å²) in [6, 6.07) is 16.3. The lowest BCUT2D eigenvalue weighted by molar-refractivity contribution is -0.113. The van der Waals surface area contributed by atoms with Gasteiger partial charge >= 0.3 is 0 Å². The Morgan fingerprint density at radius 3 is 2.27 bits per heavy atom. The standard InChI is InChI=1S/C25H33N5O2S/c1-7-29(17(2)3)21-12-10-20(11-13-21)26-23(31)16-33-25-28-27-24(30(25)18(4)5)19-8-14-22(32-6)15-9-19/h8-15,17-18H,7,16H2,1-6H3,(H,26,31). The molecule has 0 aliphatic heterocycles. The molecular weight excluding hydrogens is 434 g/mol. The Labute approximate surface area is 200 Å². The zero-order chi connectivity index (χ0) is 24.0. The molecule has 0 aliphatic rings. The average Bonchev–Trinajstić information content (AvgIpc) is 3.23. The molecular formula is C25H33N5O2S. The Morgan fingerprint density at radius 1 is 1.06 bits per heavy atom. The van der Waals surface area contributed by atoms with Gasteiger partial charge in [0.15, 0.2) is 11.0 Å². The van der Waals surface area contributed by atoms with Crippen LogP contribution in [0, 0.1) is 0 Å². The van der Waals surface area contributed by atoms with Gasteiger partial charge in [-0.3, -0.25) is 9.36 Å². The van der Waals surface area contributed by atoms with E-state index in [2.05, 4.69) is 59.6 Å². The number of ether oxygens (including phenoxy) is 1. The molecule has 1 amide bonds. The fraction of sp³-hybridized carbons (Fsp3) is 0.400. The summed E-state index contributed by atoms with van der Waals surface area (Å²) in [5, 5.41) is 12.4. The van der Waals surface area contributed by atoms with Crippen LogP contribution in [0.5, 0.6) is 5.75 Å². The van der Waals surface area contributed by atoms with Gasteiger partial charge in [-0.05, 0) is 83.1 Å². The maximum absolute atomic E-state index is 12.6. The van der Waals surface area contributed by atoms with Crippen molar-refractivity contribution in [1.82, 2.24) is 14.8 Å². The second kappa shape index (κ2) is 11.2. The van der Waals surface area contributed by atoms with Crippen molar-refractivity contribution in [1.29, 1.82) is 0 Å². The van der Waals surface area contributed by atoms with Crippen molar-refractivity contribution < 1.29 is 9.53 Å². The van der Waals surface area contributed by atoms with Crippen LogP contribution < -0.4 is 15.0 Å². The number of carbonyl (C=O) groups is 1. The molecule has 0 aliphatic carbocycles. The highest BCUT2D eigenvalue weighted by molar-refractivity contribution is 7.99.